The van der Waals surface area contributed by atoms with Gasteiger partial charge in [0.15, 0.2) is 0 Å². The molecule has 6 heteroatoms. The molecule has 0 aliphatic rings. The van der Waals surface area contributed by atoms with Gasteiger partial charge in [-0.2, -0.15) is 0 Å². The number of hydrogen-bond acceptors (Lipinski definition) is 2. The van der Waals surface area contributed by atoms with Crippen LogP contribution in [0.1, 0.15) is 5.56 Å². The van der Waals surface area contributed by atoms with Crippen LogP contribution in [-0.4, -0.2) is 16.1 Å². The van der Waals surface area contributed by atoms with Crippen molar-refractivity contribution in [3.05, 3.63) is 51.1 Å². The number of carbonyl (C=O) groups is 1. The molecule has 0 fully saturated rings. The van der Waals surface area contributed by atoms with E-state index in [9.17, 15) is 4.79 Å². The second-order valence-corrected chi connectivity index (χ2v) is 5.07. The molecule has 1 heterocycles. The van der Waals surface area contributed by atoms with Gasteiger partial charge in [0.05, 0.1) is 17.1 Å². The monoisotopic (exact) mass is 315 g/mol. The molecule has 1 aromatic heterocycles. The summed E-state index contributed by atoms with van der Waals surface area (Å²) >= 11 is 17.9. The standard InChI is InChI=1S/C13H8Cl3NO2/c14-8-2-3-10(15)9(6-8)13-7(5-12(18)19)1-4-11(16)17-13/h1-4,6H,5H2,(H,18,19). The summed E-state index contributed by atoms with van der Waals surface area (Å²) in [6, 6.07) is 8.08. The average molecular weight is 317 g/mol. The molecule has 0 aliphatic carbocycles. The highest BCUT2D eigenvalue weighted by molar-refractivity contribution is 6.35. The summed E-state index contributed by atoms with van der Waals surface area (Å²) < 4.78 is 0. The summed E-state index contributed by atoms with van der Waals surface area (Å²) in [5, 5.41) is 10.1. The summed E-state index contributed by atoms with van der Waals surface area (Å²) in [7, 11) is 0. The van der Waals surface area contributed by atoms with Crippen LogP contribution in [0.4, 0.5) is 0 Å². The number of rotatable bonds is 3. The molecule has 2 rings (SSSR count). The molecule has 0 amide bonds. The second kappa shape index (κ2) is 5.78. The number of hydrogen-bond donors (Lipinski definition) is 1. The maximum absolute atomic E-state index is 10.9. The fraction of sp³-hybridized carbons (Fsp3) is 0.0769. The maximum atomic E-state index is 10.9. The van der Waals surface area contributed by atoms with Crippen molar-refractivity contribution in [1.29, 1.82) is 0 Å². The van der Waals surface area contributed by atoms with E-state index in [0.29, 0.717) is 26.9 Å². The zero-order valence-corrected chi connectivity index (χ0v) is 11.8. The van der Waals surface area contributed by atoms with Crippen molar-refractivity contribution in [2.75, 3.05) is 0 Å². The number of carboxylic acid groups (broad SMARTS) is 1. The van der Waals surface area contributed by atoms with Crippen molar-refractivity contribution >= 4 is 40.8 Å². The van der Waals surface area contributed by atoms with Crippen LogP contribution in [0.3, 0.4) is 0 Å². The quantitative estimate of drug-likeness (QED) is 0.857. The Labute approximate surface area is 124 Å². The first-order chi connectivity index (χ1) is 8.97. The molecular weight excluding hydrogens is 309 g/mol. The minimum absolute atomic E-state index is 0.164. The van der Waals surface area contributed by atoms with Crippen LogP contribution in [0.25, 0.3) is 11.3 Å². The van der Waals surface area contributed by atoms with Crippen LogP contribution >= 0.6 is 34.8 Å². The van der Waals surface area contributed by atoms with E-state index in [1.807, 2.05) is 0 Å². The molecule has 0 spiro atoms. The third kappa shape index (κ3) is 3.38. The van der Waals surface area contributed by atoms with Gasteiger partial charge in [0, 0.05) is 10.6 Å². The molecule has 2 aromatic rings. The number of benzene rings is 1. The Hall–Kier alpha value is -1.29. The van der Waals surface area contributed by atoms with Gasteiger partial charge >= 0.3 is 5.97 Å². The van der Waals surface area contributed by atoms with Gasteiger partial charge in [0.1, 0.15) is 5.15 Å². The summed E-state index contributed by atoms with van der Waals surface area (Å²) in [5.74, 6) is -0.955. The summed E-state index contributed by atoms with van der Waals surface area (Å²) in [6.07, 6.45) is -0.164. The first-order valence-corrected chi connectivity index (χ1v) is 6.43. The SMILES string of the molecule is O=C(O)Cc1ccc(Cl)nc1-c1cc(Cl)ccc1Cl. The molecule has 3 nitrogen and oxygen atoms in total. The van der Waals surface area contributed by atoms with E-state index in [2.05, 4.69) is 4.98 Å². The van der Waals surface area contributed by atoms with E-state index < -0.39 is 5.97 Å². The first kappa shape index (κ1) is 14.1. The summed E-state index contributed by atoms with van der Waals surface area (Å²) in [6.45, 7) is 0. The highest BCUT2D eigenvalue weighted by Crippen LogP contribution is 2.32. The zero-order chi connectivity index (χ0) is 14.0. The minimum atomic E-state index is -0.955. The molecule has 0 aliphatic heterocycles. The van der Waals surface area contributed by atoms with Crippen LogP contribution in [0.5, 0.6) is 0 Å². The van der Waals surface area contributed by atoms with Crippen molar-refractivity contribution in [3.8, 4) is 11.3 Å². The van der Waals surface area contributed by atoms with Gasteiger partial charge in [-0.05, 0) is 29.8 Å². The van der Waals surface area contributed by atoms with E-state index in [0.717, 1.165) is 0 Å². The Kier molecular flexibility index (Phi) is 4.30. The lowest BCUT2D eigenvalue weighted by Crippen LogP contribution is -2.03. The highest BCUT2D eigenvalue weighted by atomic mass is 35.5. The molecule has 1 aromatic carbocycles. The van der Waals surface area contributed by atoms with Crippen molar-refractivity contribution < 1.29 is 9.90 Å². The van der Waals surface area contributed by atoms with Gasteiger partial charge in [0.2, 0.25) is 0 Å². The molecule has 98 valence electrons. The van der Waals surface area contributed by atoms with Crippen LogP contribution in [-0.2, 0) is 11.2 Å². The largest absolute Gasteiger partial charge is 0.481 e. The number of aliphatic carboxylic acids is 1. The molecule has 1 N–H and O–H groups in total. The third-order valence-corrected chi connectivity index (χ3v) is 3.25. The van der Waals surface area contributed by atoms with Gasteiger partial charge in [-0.3, -0.25) is 4.79 Å². The zero-order valence-electron chi connectivity index (χ0n) is 9.53. The predicted molar refractivity (Wildman–Crippen MR) is 76.0 cm³/mol. The summed E-state index contributed by atoms with van der Waals surface area (Å²) in [5.41, 5.74) is 1.52. The van der Waals surface area contributed by atoms with Crippen LogP contribution in [0.15, 0.2) is 30.3 Å². The lowest BCUT2D eigenvalue weighted by Gasteiger charge is -2.09. The smallest absolute Gasteiger partial charge is 0.307 e. The van der Waals surface area contributed by atoms with E-state index in [-0.39, 0.29) is 11.6 Å². The van der Waals surface area contributed by atoms with E-state index in [1.54, 1.807) is 30.3 Å². The summed E-state index contributed by atoms with van der Waals surface area (Å²) in [4.78, 5) is 15.0. The lowest BCUT2D eigenvalue weighted by atomic mass is 10.0. The second-order valence-electron chi connectivity index (χ2n) is 3.84. The molecule has 19 heavy (non-hydrogen) atoms. The number of aromatic nitrogens is 1. The van der Waals surface area contributed by atoms with Crippen molar-refractivity contribution in [3.63, 3.8) is 0 Å². The van der Waals surface area contributed by atoms with Crippen molar-refractivity contribution in [1.82, 2.24) is 4.98 Å². The Morgan fingerprint density at radius 3 is 2.58 bits per heavy atom. The Balaban J connectivity index is 2.62. The lowest BCUT2D eigenvalue weighted by molar-refractivity contribution is -0.136. The van der Waals surface area contributed by atoms with Gasteiger partial charge in [-0.25, -0.2) is 4.98 Å². The highest BCUT2D eigenvalue weighted by Gasteiger charge is 2.14. The maximum Gasteiger partial charge on any atom is 0.307 e. The van der Waals surface area contributed by atoms with Gasteiger partial charge in [-0.1, -0.05) is 40.9 Å². The van der Waals surface area contributed by atoms with Crippen LogP contribution in [0, 0.1) is 0 Å². The molecule has 0 saturated carbocycles. The van der Waals surface area contributed by atoms with Gasteiger partial charge in [-0.15, -0.1) is 0 Å². The van der Waals surface area contributed by atoms with Gasteiger partial charge in [0.25, 0.3) is 0 Å². The first-order valence-electron chi connectivity index (χ1n) is 5.30. The number of halogens is 3. The molecular formula is C13H8Cl3NO2. The van der Waals surface area contributed by atoms with Crippen LogP contribution < -0.4 is 0 Å². The normalized spacial score (nSPS) is 10.5. The van der Waals surface area contributed by atoms with E-state index >= 15 is 0 Å². The Morgan fingerprint density at radius 2 is 1.89 bits per heavy atom. The minimum Gasteiger partial charge on any atom is -0.481 e. The van der Waals surface area contributed by atoms with Crippen LogP contribution in [0.2, 0.25) is 15.2 Å². The van der Waals surface area contributed by atoms with Crippen molar-refractivity contribution in [2.24, 2.45) is 0 Å². The van der Waals surface area contributed by atoms with Gasteiger partial charge < -0.3 is 5.11 Å². The number of pyridine rings is 1. The Morgan fingerprint density at radius 1 is 1.16 bits per heavy atom. The molecule has 0 bridgehead atoms. The topological polar surface area (TPSA) is 50.2 Å². The van der Waals surface area contributed by atoms with E-state index in [1.165, 1.54) is 0 Å². The Bertz CT molecular complexity index is 644. The molecule has 0 unspecified atom stereocenters. The molecule has 0 radical (unpaired) electrons. The van der Waals surface area contributed by atoms with E-state index in [4.69, 9.17) is 39.9 Å². The molecule has 0 atom stereocenters. The number of nitrogens with zero attached hydrogens (tertiary/aromatic N) is 1. The third-order valence-electron chi connectivity index (χ3n) is 2.47. The fourth-order valence-electron chi connectivity index (χ4n) is 1.68. The average Bonchev–Trinajstić information content (AvgIpc) is 2.34. The predicted octanol–water partition coefficient (Wildman–Crippen LogP) is 4.34. The van der Waals surface area contributed by atoms with Crippen molar-refractivity contribution in [2.45, 2.75) is 6.42 Å². The molecule has 0 saturated heterocycles. The number of carboxylic acids is 1. The fourth-order valence-corrected chi connectivity index (χ4v) is 2.21.